The average Bonchev–Trinajstić information content (AvgIpc) is 2.96. The van der Waals surface area contributed by atoms with Crippen LogP contribution in [-0.2, 0) is 22.2 Å². The first-order valence-electron chi connectivity index (χ1n) is 9.77. The van der Waals surface area contributed by atoms with E-state index in [9.17, 15) is 34.3 Å². The monoisotopic (exact) mass is 482 g/mol. The van der Waals surface area contributed by atoms with Crippen LogP contribution in [-0.4, -0.2) is 80.8 Å². The van der Waals surface area contributed by atoms with E-state index < -0.39 is 56.2 Å². The second kappa shape index (κ2) is 11.2. The first-order valence-corrected chi connectivity index (χ1v) is 11.3. The van der Waals surface area contributed by atoms with Gasteiger partial charge in [-0.1, -0.05) is 12.8 Å². The van der Waals surface area contributed by atoms with Gasteiger partial charge in [-0.15, -0.1) is 0 Å². The van der Waals surface area contributed by atoms with E-state index in [2.05, 4.69) is 9.51 Å². The molecule has 0 aromatic carbocycles. The number of H-pyrrole nitrogens is 2. The Morgan fingerprint density at radius 2 is 1.59 bits per heavy atom. The number of phosphoric ester groups is 1. The Morgan fingerprint density at radius 1 is 0.938 bits per heavy atom. The van der Waals surface area contributed by atoms with Crippen molar-refractivity contribution < 1.29 is 39.3 Å². The van der Waals surface area contributed by atoms with Crippen molar-refractivity contribution in [3.05, 3.63) is 31.3 Å². The number of hydrogen-bond acceptors (Lipinski definition) is 9. The zero-order valence-electron chi connectivity index (χ0n) is 17.0. The Labute approximate surface area is 179 Å². The lowest BCUT2D eigenvalue weighted by molar-refractivity contribution is -0.0806. The summed E-state index contributed by atoms with van der Waals surface area (Å²) < 4.78 is 16.9. The van der Waals surface area contributed by atoms with E-state index in [0.717, 1.165) is 9.13 Å². The van der Waals surface area contributed by atoms with Crippen LogP contribution >= 0.6 is 7.82 Å². The van der Waals surface area contributed by atoms with Crippen molar-refractivity contribution in [2.45, 2.75) is 57.1 Å². The van der Waals surface area contributed by atoms with Crippen molar-refractivity contribution in [1.82, 2.24) is 19.1 Å². The maximum absolute atomic E-state index is 12.9. The van der Waals surface area contributed by atoms with Gasteiger partial charge in [0, 0.05) is 6.54 Å². The summed E-state index contributed by atoms with van der Waals surface area (Å²) in [5, 5.41) is 38.3. The molecule has 16 heteroatoms. The van der Waals surface area contributed by atoms with Gasteiger partial charge in [0.15, 0.2) is 5.52 Å². The van der Waals surface area contributed by atoms with Crippen LogP contribution in [0.2, 0.25) is 0 Å². The molecule has 32 heavy (non-hydrogen) atoms. The number of aryl methyl sites for hydroxylation is 1. The van der Waals surface area contributed by atoms with E-state index >= 15 is 0 Å². The normalized spacial score (nSPS) is 15.2. The topological polar surface area (TPSA) is 240 Å². The molecule has 0 spiro atoms. The maximum Gasteiger partial charge on any atom is 0.469 e. The number of aliphatic hydroxyl groups is 4. The van der Waals surface area contributed by atoms with Crippen molar-refractivity contribution in [2.75, 3.05) is 13.2 Å². The third kappa shape index (κ3) is 6.70. The number of aromatic nitrogens is 4. The van der Waals surface area contributed by atoms with E-state index in [1.54, 1.807) is 0 Å². The second-order valence-corrected chi connectivity index (χ2v) is 8.44. The Balaban J connectivity index is 2.19. The van der Waals surface area contributed by atoms with E-state index in [-0.39, 0.29) is 24.3 Å². The average molecular weight is 482 g/mol. The van der Waals surface area contributed by atoms with Crippen LogP contribution in [0.1, 0.15) is 25.7 Å². The third-order valence-corrected chi connectivity index (χ3v) is 5.30. The highest BCUT2D eigenvalue weighted by molar-refractivity contribution is 7.46. The maximum atomic E-state index is 12.9. The van der Waals surface area contributed by atoms with Gasteiger partial charge in [-0.3, -0.25) is 28.4 Å². The van der Waals surface area contributed by atoms with Crippen molar-refractivity contribution in [1.29, 1.82) is 0 Å². The van der Waals surface area contributed by atoms with Gasteiger partial charge in [0.25, 0.3) is 5.56 Å². The summed E-state index contributed by atoms with van der Waals surface area (Å²) in [6, 6.07) is 0. The summed E-state index contributed by atoms with van der Waals surface area (Å²) in [5.41, 5.74) is -2.79. The Morgan fingerprint density at radius 3 is 2.22 bits per heavy atom. The molecule has 0 aliphatic rings. The molecule has 2 rings (SSSR count). The number of fused-ring (bicyclic) bond motifs is 1. The van der Waals surface area contributed by atoms with Crippen molar-refractivity contribution in [3.8, 4) is 0 Å². The third-order valence-electron chi connectivity index (χ3n) is 4.78. The Kier molecular flexibility index (Phi) is 9.12. The summed E-state index contributed by atoms with van der Waals surface area (Å²) in [6.07, 6.45) is -3.29. The number of nitrogens with zero attached hydrogens (tertiary/aromatic N) is 2. The summed E-state index contributed by atoms with van der Waals surface area (Å²) in [5.74, 6) is 0. The minimum Gasteiger partial charge on any atom is -0.394 e. The molecule has 0 aliphatic carbocycles. The molecule has 2 aromatic rings. The van der Waals surface area contributed by atoms with Crippen LogP contribution < -0.4 is 16.9 Å². The quantitative estimate of drug-likeness (QED) is 0.105. The molecule has 0 saturated heterocycles. The molecule has 182 valence electrons. The molecule has 8 N–H and O–H groups in total. The van der Waals surface area contributed by atoms with Crippen LogP contribution in [0.15, 0.2) is 14.4 Å². The minimum atomic E-state index is -4.52. The number of rotatable bonds is 13. The molecule has 0 saturated carbocycles. The predicted octanol–water partition coefficient (Wildman–Crippen LogP) is -3.08. The summed E-state index contributed by atoms with van der Waals surface area (Å²) >= 11 is 0. The largest absolute Gasteiger partial charge is 0.469 e. The lowest BCUT2D eigenvalue weighted by Gasteiger charge is -2.21. The highest BCUT2D eigenvalue weighted by Crippen LogP contribution is 2.35. The molecule has 2 aromatic heterocycles. The van der Waals surface area contributed by atoms with E-state index in [0.29, 0.717) is 25.7 Å². The summed E-state index contributed by atoms with van der Waals surface area (Å²) in [4.78, 5) is 58.4. The van der Waals surface area contributed by atoms with Crippen LogP contribution in [0.25, 0.3) is 11.2 Å². The highest BCUT2D eigenvalue weighted by atomic mass is 31.2. The van der Waals surface area contributed by atoms with Gasteiger partial charge in [0.2, 0.25) is 0 Å². The molecule has 2 heterocycles. The zero-order chi connectivity index (χ0) is 24.1. The molecule has 0 bridgehead atoms. The standard InChI is InChI=1S/C16H27N4O11P/c21-8-10(23)12(24)9(22)7-20-13-11(14(25)18-15(26)17-13)19(16(20)27)5-3-1-2-4-6-31-32(28,29)30/h9-10,12,21-24H,1-8H2,(H2,28,29,30)(H2,17,18,25,26)/t9-,10+,12-/m1/s1. The zero-order valence-corrected chi connectivity index (χ0v) is 17.8. The lowest BCUT2D eigenvalue weighted by atomic mass is 10.1. The second-order valence-electron chi connectivity index (χ2n) is 7.20. The fourth-order valence-corrected chi connectivity index (χ4v) is 3.56. The van der Waals surface area contributed by atoms with Gasteiger partial charge >= 0.3 is 19.2 Å². The van der Waals surface area contributed by atoms with E-state index in [1.165, 1.54) is 0 Å². The first-order chi connectivity index (χ1) is 15.0. The number of aromatic amines is 2. The molecule has 15 nitrogen and oxygen atoms in total. The van der Waals surface area contributed by atoms with Crippen LogP contribution in [0.4, 0.5) is 0 Å². The molecule has 3 atom stereocenters. The van der Waals surface area contributed by atoms with Crippen LogP contribution in [0, 0.1) is 0 Å². The first kappa shape index (κ1) is 26.2. The number of imidazole rings is 1. The molecule has 0 radical (unpaired) electrons. The molecule has 0 fully saturated rings. The van der Waals surface area contributed by atoms with Gasteiger partial charge < -0.3 is 30.2 Å². The smallest absolute Gasteiger partial charge is 0.394 e. The van der Waals surface area contributed by atoms with Gasteiger partial charge in [0.1, 0.15) is 24.0 Å². The fraction of sp³-hybridized carbons (Fsp3) is 0.688. The Bertz CT molecular complexity index is 1110. The van der Waals surface area contributed by atoms with Gasteiger partial charge in [0.05, 0.1) is 19.8 Å². The number of phosphoric acid groups is 1. The molecule has 0 amide bonds. The van der Waals surface area contributed by atoms with Crippen molar-refractivity contribution >= 4 is 19.0 Å². The molecular weight excluding hydrogens is 455 g/mol. The van der Waals surface area contributed by atoms with Crippen LogP contribution in [0.5, 0.6) is 0 Å². The number of aliphatic hydroxyl groups excluding tert-OH is 4. The molecule has 0 unspecified atom stereocenters. The molecule has 0 aliphatic heterocycles. The van der Waals surface area contributed by atoms with Crippen molar-refractivity contribution in [3.63, 3.8) is 0 Å². The van der Waals surface area contributed by atoms with Gasteiger partial charge in [-0.2, -0.15) is 0 Å². The predicted molar refractivity (Wildman–Crippen MR) is 109 cm³/mol. The van der Waals surface area contributed by atoms with Gasteiger partial charge in [-0.05, 0) is 12.8 Å². The van der Waals surface area contributed by atoms with E-state index in [4.69, 9.17) is 14.9 Å². The van der Waals surface area contributed by atoms with E-state index in [1.807, 2.05) is 4.98 Å². The number of nitrogens with one attached hydrogen (secondary N) is 2. The summed E-state index contributed by atoms with van der Waals surface area (Å²) in [7, 11) is -4.52. The highest BCUT2D eigenvalue weighted by Gasteiger charge is 2.27. The SMILES string of the molecule is O=c1[nH]c(=O)c2c([nH]1)n(C[C@@H](O)[C@@H](O)[C@@H](O)CO)c(=O)n2CCCCCCOP(=O)(O)O. The minimum absolute atomic E-state index is 0.0642. The van der Waals surface area contributed by atoms with Crippen molar-refractivity contribution in [2.24, 2.45) is 0 Å². The number of hydrogen-bond donors (Lipinski definition) is 8. The number of unbranched alkanes of at least 4 members (excludes halogenated alkanes) is 3. The van der Waals surface area contributed by atoms with Gasteiger partial charge in [-0.25, -0.2) is 14.2 Å². The lowest BCUT2D eigenvalue weighted by Crippen LogP contribution is -2.43. The Hall–Kier alpha value is -2.10. The van der Waals surface area contributed by atoms with Crippen LogP contribution in [0.3, 0.4) is 0 Å². The molecular formula is C16H27N4O11P. The fourth-order valence-electron chi connectivity index (χ4n) is 3.20. The summed E-state index contributed by atoms with van der Waals surface area (Å²) in [6.45, 7) is -1.47.